The lowest BCUT2D eigenvalue weighted by molar-refractivity contribution is -0.384. The molecule has 1 aliphatic heterocycles. The van der Waals surface area contributed by atoms with E-state index in [1.807, 2.05) is 11.8 Å². The lowest BCUT2D eigenvalue weighted by Gasteiger charge is -2.18. The van der Waals surface area contributed by atoms with Crippen LogP contribution >= 0.6 is 0 Å². The number of nitrogens with zero attached hydrogens (tertiary/aromatic N) is 2. The fraction of sp³-hybridized carbons (Fsp3) is 0.300. The van der Waals surface area contributed by atoms with Crippen LogP contribution in [0.2, 0.25) is 0 Å². The van der Waals surface area contributed by atoms with Crippen LogP contribution in [-0.2, 0) is 0 Å². The molecule has 0 saturated carbocycles. The molecule has 3 rings (SSSR count). The highest BCUT2D eigenvalue weighted by Gasteiger charge is 2.24. The number of hydrogen-bond acceptors (Lipinski definition) is 5. The third kappa shape index (κ3) is 3.95. The first kappa shape index (κ1) is 19.3. The zero-order valence-corrected chi connectivity index (χ0v) is 15.8. The van der Waals surface area contributed by atoms with Crippen molar-refractivity contribution in [2.75, 3.05) is 30.4 Å². The van der Waals surface area contributed by atoms with Gasteiger partial charge in [-0.2, -0.15) is 0 Å². The van der Waals surface area contributed by atoms with Gasteiger partial charge < -0.3 is 15.5 Å². The second-order valence-electron chi connectivity index (χ2n) is 6.72. The molecule has 0 bridgehead atoms. The summed E-state index contributed by atoms with van der Waals surface area (Å²) in [4.78, 5) is 37.5. The van der Waals surface area contributed by atoms with Crippen LogP contribution in [0.1, 0.15) is 39.1 Å². The summed E-state index contributed by atoms with van der Waals surface area (Å²) in [5, 5.41) is 16.8. The van der Waals surface area contributed by atoms with Gasteiger partial charge in [0.25, 0.3) is 17.5 Å². The minimum Gasteiger partial charge on any atom is -0.366 e. The molecule has 1 heterocycles. The van der Waals surface area contributed by atoms with Gasteiger partial charge in [-0.1, -0.05) is 6.07 Å². The van der Waals surface area contributed by atoms with Crippen molar-refractivity contribution in [1.29, 1.82) is 0 Å². The van der Waals surface area contributed by atoms with Gasteiger partial charge in [-0.05, 0) is 49.6 Å². The van der Waals surface area contributed by atoms with E-state index in [2.05, 4.69) is 10.6 Å². The second kappa shape index (κ2) is 8.08. The van der Waals surface area contributed by atoms with E-state index in [-0.39, 0.29) is 17.2 Å². The van der Waals surface area contributed by atoms with Crippen molar-refractivity contribution < 1.29 is 14.5 Å². The fourth-order valence-electron chi connectivity index (χ4n) is 3.27. The van der Waals surface area contributed by atoms with Crippen LogP contribution in [0.3, 0.4) is 0 Å². The predicted octanol–water partition coefficient (Wildman–Crippen LogP) is 3.12. The van der Waals surface area contributed by atoms with E-state index in [1.54, 1.807) is 30.3 Å². The first-order chi connectivity index (χ1) is 13.4. The van der Waals surface area contributed by atoms with Crippen molar-refractivity contribution in [1.82, 2.24) is 5.32 Å². The summed E-state index contributed by atoms with van der Waals surface area (Å²) in [6, 6.07) is 9.51. The van der Waals surface area contributed by atoms with Crippen molar-refractivity contribution in [3.63, 3.8) is 0 Å². The number of anilines is 2. The molecule has 146 valence electrons. The highest BCUT2D eigenvalue weighted by atomic mass is 16.6. The van der Waals surface area contributed by atoms with Crippen molar-refractivity contribution in [3.8, 4) is 0 Å². The highest BCUT2D eigenvalue weighted by Crippen LogP contribution is 2.32. The zero-order chi connectivity index (χ0) is 20.3. The Hall–Kier alpha value is -3.42. The molecule has 28 heavy (non-hydrogen) atoms. The summed E-state index contributed by atoms with van der Waals surface area (Å²) in [5.74, 6) is -0.727. The summed E-state index contributed by atoms with van der Waals surface area (Å²) in [5.41, 5.74) is 2.34. The third-order valence-corrected chi connectivity index (χ3v) is 4.86. The van der Waals surface area contributed by atoms with Crippen LogP contribution in [0.25, 0.3) is 0 Å². The number of aryl methyl sites for hydroxylation is 1. The van der Waals surface area contributed by atoms with Gasteiger partial charge in [-0.3, -0.25) is 19.7 Å². The molecule has 0 atom stereocenters. The number of carbonyl (C=O) groups is 2. The maximum Gasteiger partial charge on any atom is 0.293 e. The maximum atomic E-state index is 12.7. The molecule has 8 heteroatoms. The van der Waals surface area contributed by atoms with E-state index in [1.165, 1.54) is 13.1 Å². The summed E-state index contributed by atoms with van der Waals surface area (Å²) in [7, 11) is 1.53. The Morgan fingerprint density at radius 2 is 1.68 bits per heavy atom. The lowest BCUT2D eigenvalue weighted by atomic mass is 10.1. The van der Waals surface area contributed by atoms with Crippen LogP contribution in [0.15, 0.2) is 36.4 Å². The van der Waals surface area contributed by atoms with Crippen LogP contribution < -0.4 is 15.5 Å². The Morgan fingerprint density at radius 3 is 2.32 bits per heavy atom. The molecular weight excluding hydrogens is 360 g/mol. The Morgan fingerprint density at radius 1 is 1.04 bits per heavy atom. The molecular formula is C20H22N4O4. The predicted molar refractivity (Wildman–Crippen MR) is 107 cm³/mol. The number of hydrogen-bond donors (Lipinski definition) is 2. The monoisotopic (exact) mass is 382 g/mol. The molecule has 1 saturated heterocycles. The standard InChI is InChI=1S/C20H22N4O4/c1-13-5-6-14(19(25)21-2)11-16(13)22-20(26)15-7-8-17(18(12-15)24(27)28)23-9-3-4-10-23/h5-8,11-12H,3-4,9-10H2,1-2H3,(H,21,25)(H,22,26). The van der Waals surface area contributed by atoms with Crippen LogP contribution in [0, 0.1) is 17.0 Å². The molecule has 0 unspecified atom stereocenters. The van der Waals surface area contributed by atoms with Gasteiger partial charge in [0.1, 0.15) is 5.69 Å². The van der Waals surface area contributed by atoms with Gasteiger partial charge in [-0.15, -0.1) is 0 Å². The van der Waals surface area contributed by atoms with Gasteiger partial charge in [-0.25, -0.2) is 0 Å². The molecule has 2 aromatic carbocycles. The number of benzene rings is 2. The Kier molecular flexibility index (Phi) is 5.58. The SMILES string of the molecule is CNC(=O)c1ccc(C)c(NC(=O)c2ccc(N3CCCC3)c([N+](=O)[O-])c2)c1. The van der Waals surface area contributed by atoms with E-state index >= 15 is 0 Å². The second-order valence-corrected chi connectivity index (χ2v) is 6.72. The topological polar surface area (TPSA) is 105 Å². The Labute approximate surface area is 162 Å². The van der Waals surface area contributed by atoms with Crippen LogP contribution in [0.5, 0.6) is 0 Å². The molecule has 8 nitrogen and oxygen atoms in total. The van der Waals surface area contributed by atoms with E-state index in [0.717, 1.165) is 31.5 Å². The summed E-state index contributed by atoms with van der Waals surface area (Å²) >= 11 is 0. The van der Waals surface area contributed by atoms with Crippen LogP contribution in [0.4, 0.5) is 17.1 Å². The fourth-order valence-corrected chi connectivity index (χ4v) is 3.27. The number of carbonyl (C=O) groups excluding carboxylic acids is 2. The average Bonchev–Trinajstić information content (AvgIpc) is 3.23. The van der Waals surface area contributed by atoms with E-state index in [9.17, 15) is 19.7 Å². The highest BCUT2D eigenvalue weighted by molar-refractivity contribution is 6.06. The van der Waals surface area contributed by atoms with Gasteiger partial charge in [0.2, 0.25) is 0 Å². The molecule has 0 aliphatic carbocycles. The quantitative estimate of drug-likeness (QED) is 0.611. The molecule has 2 aromatic rings. The third-order valence-electron chi connectivity index (χ3n) is 4.86. The zero-order valence-electron chi connectivity index (χ0n) is 15.8. The number of nitrogens with one attached hydrogen (secondary N) is 2. The van der Waals surface area contributed by atoms with E-state index in [4.69, 9.17) is 0 Å². The van der Waals surface area contributed by atoms with Gasteiger partial charge in [0, 0.05) is 43.0 Å². The molecule has 2 amide bonds. The molecule has 2 N–H and O–H groups in total. The number of rotatable bonds is 5. The number of nitro groups is 1. The van der Waals surface area contributed by atoms with Crippen LogP contribution in [-0.4, -0.2) is 36.9 Å². The maximum absolute atomic E-state index is 12.7. The Balaban J connectivity index is 1.88. The van der Waals surface area contributed by atoms with Crippen molar-refractivity contribution in [3.05, 3.63) is 63.2 Å². The van der Waals surface area contributed by atoms with Gasteiger partial charge >= 0.3 is 0 Å². The molecule has 1 aliphatic rings. The normalized spacial score (nSPS) is 13.3. The van der Waals surface area contributed by atoms with Crippen molar-refractivity contribution >= 4 is 28.9 Å². The molecule has 0 spiro atoms. The summed E-state index contributed by atoms with van der Waals surface area (Å²) in [6.45, 7) is 3.36. The first-order valence-electron chi connectivity index (χ1n) is 9.08. The lowest BCUT2D eigenvalue weighted by Crippen LogP contribution is -2.20. The minimum atomic E-state index is -0.465. The summed E-state index contributed by atoms with van der Waals surface area (Å²) in [6.07, 6.45) is 2.00. The van der Waals surface area contributed by atoms with E-state index < -0.39 is 10.8 Å². The summed E-state index contributed by atoms with van der Waals surface area (Å²) < 4.78 is 0. The van der Waals surface area contributed by atoms with E-state index in [0.29, 0.717) is 16.9 Å². The Bertz CT molecular complexity index is 936. The smallest absolute Gasteiger partial charge is 0.293 e. The van der Waals surface area contributed by atoms with Crippen molar-refractivity contribution in [2.24, 2.45) is 0 Å². The van der Waals surface area contributed by atoms with Crippen molar-refractivity contribution in [2.45, 2.75) is 19.8 Å². The first-order valence-corrected chi connectivity index (χ1v) is 9.08. The molecule has 0 aromatic heterocycles. The number of nitro benzene ring substituents is 1. The molecule has 1 fully saturated rings. The minimum absolute atomic E-state index is 0.0783. The number of amides is 2. The van der Waals surface area contributed by atoms with Gasteiger partial charge in [0.05, 0.1) is 4.92 Å². The van der Waals surface area contributed by atoms with Gasteiger partial charge in [0.15, 0.2) is 0 Å². The molecule has 0 radical (unpaired) electrons. The average molecular weight is 382 g/mol. The largest absolute Gasteiger partial charge is 0.366 e.